The van der Waals surface area contributed by atoms with E-state index in [-0.39, 0.29) is 12.3 Å². The van der Waals surface area contributed by atoms with E-state index in [9.17, 15) is 9.46 Å². The van der Waals surface area contributed by atoms with Gasteiger partial charge >= 0.3 is 7.60 Å². The SMILES string of the molecule is CCC(C)OP(=O)(O)CCCN(Cc1ccc(Cl)cc1)Cc1ccc(Cl)cc1. The zero-order valence-corrected chi connectivity index (χ0v) is 18.8. The van der Waals surface area contributed by atoms with Crippen molar-refractivity contribution in [1.82, 2.24) is 4.90 Å². The Morgan fingerprint density at radius 1 is 1.00 bits per heavy atom. The van der Waals surface area contributed by atoms with Crippen molar-refractivity contribution in [2.45, 2.75) is 45.9 Å². The van der Waals surface area contributed by atoms with Gasteiger partial charge in [0, 0.05) is 23.1 Å². The van der Waals surface area contributed by atoms with E-state index in [1.54, 1.807) is 0 Å². The predicted molar refractivity (Wildman–Crippen MR) is 117 cm³/mol. The maximum atomic E-state index is 12.2. The smallest absolute Gasteiger partial charge is 0.324 e. The highest BCUT2D eigenvalue weighted by atomic mass is 35.5. The number of halogens is 2. The van der Waals surface area contributed by atoms with Crippen LogP contribution in [0.2, 0.25) is 10.0 Å². The molecule has 154 valence electrons. The summed E-state index contributed by atoms with van der Waals surface area (Å²) in [5.41, 5.74) is 2.28. The molecule has 2 atom stereocenters. The van der Waals surface area contributed by atoms with Crippen LogP contribution < -0.4 is 0 Å². The Bertz CT molecular complexity index is 721. The summed E-state index contributed by atoms with van der Waals surface area (Å²) in [5, 5.41) is 1.41. The van der Waals surface area contributed by atoms with Crippen molar-refractivity contribution >= 4 is 30.8 Å². The Balaban J connectivity index is 1.99. The van der Waals surface area contributed by atoms with Crippen LogP contribution in [-0.2, 0) is 22.2 Å². The highest BCUT2D eigenvalue weighted by molar-refractivity contribution is 7.52. The number of hydrogen-bond acceptors (Lipinski definition) is 3. The molecular weight excluding hydrogens is 416 g/mol. The fourth-order valence-electron chi connectivity index (χ4n) is 2.81. The van der Waals surface area contributed by atoms with Crippen molar-refractivity contribution in [3.63, 3.8) is 0 Å². The Morgan fingerprint density at radius 2 is 1.46 bits per heavy atom. The molecule has 0 fully saturated rings. The van der Waals surface area contributed by atoms with Crippen molar-refractivity contribution < 1.29 is 14.0 Å². The van der Waals surface area contributed by atoms with Gasteiger partial charge in [-0.2, -0.15) is 0 Å². The van der Waals surface area contributed by atoms with Crippen LogP contribution in [0, 0.1) is 0 Å². The second-order valence-electron chi connectivity index (χ2n) is 7.00. The topological polar surface area (TPSA) is 49.8 Å². The standard InChI is InChI=1S/C21H28Cl2NO3P/c1-3-17(2)27-28(25,26)14-4-13-24(15-18-5-9-20(22)10-6-18)16-19-7-11-21(23)12-8-19/h5-12,17H,3-4,13-16H2,1-2H3,(H,25,26). The zero-order valence-electron chi connectivity index (χ0n) is 16.4. The molecule has 0 radical (unpaired) electrons. The van der Waals surface area contributed by atoms with E-state index in [1.165, 1.54) is 0 Å². The second kappa shape index (κ2) is 11.3. The fraction of sp³-hybridized carbons (Fsp3) is 0.429. The Morgan fingerprint density at radius 3 is 1.89 bits per heavy atom. The summed E-state index contributed by atoms with van der Waals surface area (Å²) >= 11 is 12.0. The first-order valence-corrected chi connectivity index (χ1v) is 12.0. The molecule has 0 spiro atoms. The molecule has 0 aliphatic carbocycles. The monoisotopic (exact) mass is 443 g/mol. The molecule has 2 unspecified atom stereocenters. The van der Waals surface area contributed by atoms with Gasteiger partial charge in [0.25, 0.3) is 0 Å². The van der Waals surface area contributed by atoms with Gasteiger partial charge in [0.15, 0.2) is 0 Å². The van der Waals surface area contributed by atoms with Gasteiger partial charge in [-0.15, -0.1) is 0 Å². The molecule has 4 nitrogen and oxygen atoms in total. The van der Waals surface area contributed by atoms with Crippen molar-refractivity contribution in [3.05, 3.63) is 69.7 Å². The average Bonchev–Trinajstić information content (AvgIpc) is 2.64. The molecule has 0 aliphatic rings. The first-order valence-electron chi connectivity index (χ1n) is 9.49. The predicted octanol–water partition coefficient (Wildman–Crippen LogP) is 6.39. The number of benzene rings is 2. The minimum absolute atomic E-state index is 0.148. The second-order valence-corrected chi connectivity index (χ2v) is 9.81. The van der Waals surface area contributed by atoms with Gasteiger partial charge in [0.1, 0.15) is 0 Å². The van der Waals surface area contributed by atoms with Crippen LogP contribution in [0.3, 0.4) is 0 Å². The Hall–Kier alpha value is -0.870. The molecule has 0 saturated heterocycles. The van der Waals surface area contributed by atoms with Gasteiger partial charge < -0.3 is 9.42 Å². The molecule has 0 aromatic heterocycles. The fourth-order valence-corrected chi connectivity index (χ4v) is 4.42. The van der Waals surface area contributed by atoms with Crippen LogP contribution in [0.5, 0.6) is 0 Å². The first-order chi connectivity index (χ1) is 13.3. The molecule has 0 heterocycles. The van der Waals surface area contributed by atoms with Crippen LogP contribution in [-0.4, -0.2) is 28.6 Å². The molecule has 7 heteroatoms. The molecule has 0 saturated carbocycles. The van der Waals surface area contributed by atoms with Gasteiger partial charge in [-0.3, -0.25) is 9.46 Å². The number of hydrogen-bond donors (Lipinski definition) is 1. The summed E-state index contributed by atoms with van der Waals surface area (Å²) in [6, 6.07) is 15.5. The minimum atomic E-state index is -3.56. The molecule has 2 rings (SSSR count). The van der Waals surface area contributed by atoms with Crippen molar-refractivity contribution in [2.24, 2.45) is 0 Å². The van der Waals surface area contributed by atoms with E-state index in [0.717, 1.165) is 24.2 Å². The van der Waals surface area contributed by atoms with E-state index in [2.05, 4.69) is 4.90 Å². The third-order valence-corrected chi connectivity index (χ3v) is 6.55. The van der Waals surface area contributed by atoms with E-state index in [1.807, 2.05) is 62.4 Å². The van der Waals surface area contributed by atoms with Gasteiger partial charge in [-0.1, -0.05) is 54.4 Å². The van der Waals surface area contributed by atoms with E-state index >= 15 is 0 Å². The lowest BCUT2D eigenvalue weighted by atomic mass is 10.1. The maximum absolute atomic E-state index is 12.2. The molecule has 1 N–H and O–H groups in total. The third-order valence-electron chi connectivity index (χ3n) is 4.47. The molecule has 28 heavy (non-hydrogen) atoms. The highest BCUT2D eigenvalue weighted by Crippen LogP contribution is 2.44. The zero-order chi connectivity index (χ0) is 20.6. The lowest BCUT2D eigenvalue weighted by molar-refractivity contribution is 0.183. The number of rotatable bonds is 11. The minimum Gasteiger partial charge on any atom is -0.324 e. The summed E-state index contributed by atoms with van der Waals surface area (Å²) in [6.45, 7) is 5.88. The van der Waals surface area contributed by atoms with Gasteiger partial charge in [0.2, 0.25) is 0 Å². The summed E-state index contributed by atoms with van der Waals surface area (Å²) in [6.07, 6.45) is 1.22. The first kappa shape index (κ1) is 23.4. The van der Waals surface area contributed by atoms with E-state index < -0.39 is 7.60 Å². The summed E-state index contributed by atoms with van der Waals surface area (Å²) in [4.78, 5) is 12.3. The van der Waals surface area contributed by atoms with Crippen LogP contribution >= 0.6 is 30.8 Å². The van der Waals surface area contributed by atoms with Crippen LogP contribution in [0.25, 0.3) is 0 Å². The van der Waals surface area contributed by atoms with Crippen molar-refractivity contribution in [3.8, 4) is 0 Å². The van der Waals surface area contributed by atoms with Gasteiger partial charge in [-0.05, 0) is 61.7 Å². The third kappa shape index (κ3) is 8.65. The molecule has 0 amide bonds. The van der Waals surface area contributed by atoms with Crippen LogP contribution in [0.4, 0.5) is 0 Å². The summed E-state index contributed by atoms with van der Waals surface area (Å²) in [5.74, 6) is 0. The molecule has 0 aliphatic heterocycles. The quantitative estimate of drug-likeness (QED) is 0.409. The van der Waals surface area contributed by atoms with Crippen LogP contribution in [0.15, 0.2) is 48.5 Å². The maximum Gasteiger partial charge on any atom is 0.328 e. The summed E-state index contributed by atoms with van der Waals surface area (Å²) in [7, 11) is -3.56. The molecule has 0 bridgehead atoms. The molecule has 2 aromatic carbocycles. The Kier molecular flexibility index (Phi) is 9.49. The largest absolute Gasteiger partial charge is 0.328 e. The normalized spacial score (nSPS) is 14.8. The average molecular weight is 444 g/mol. The Labute approximate surface area is 178 Å². The highest BCUT2D eigenvalue weighted by Gasteiger charge is 2.22. The number of nitrogens with zero attached hydrogens (tertiary/aromatic N) is 1. The molecular formula is C21H28Cl2NO3P. The van der Waals surface area contributed by atoms with Gasteiger partial charge in [-0.25, -0.2) is 0 Å². The van der Waals surface area contributed by atoms with Crippen molar-refractivity contribution in [1.29, 1.82) is 0 Å². The molecule has 2 aromatic rings. The van der Waals surface area contributed by atoms with E-state index in [0.29, 0.717) is 29.4 Å². The summed E-state index contributed by atoms with van der Waals surface area (Å²) < 4.78 is 17.5. The lowest BCUT2D eigenvalue weighted by Gasteiger charge is -2.24. The van der Waals surface area contributed by atoms with Crippen LogP contribution in [0.1, 0.15) is 37.8 Å². The van der Waals surface area contributed by atoms with E-state index in [4.69, 9.17) is 27.7 Å². The van der Waals surface area contributed by atoms with Crippen molar-refractivity contribution in [2.75, 3.05) is 12.7 Å². The lowest BCUT2D eigenvalue weighted by Crippen LogP contribution is -2.25. The van der Waals surface area contributed by atoms with Gasteiger partial charge in [0.05, 0.1) is 12.3 Å².